The number of aromatic nitrogens is 3. The monoisotopic (exact) mass is 331 g/mol. The predicted octanol–water partition coefficient (Wildman–Crippen LogP) is 4.01. The molecule has 0 saturated carbocycles. The van der Waals surface area contributed by atoms with Crippen molar-refractivity contribution >= 4 is 10.9 Å². The highest BCUT2D eigenvalue weighted by Crippen LogP contribution is 2.37. The predicted molar refractivity (Wildman–Crippen MR) is 101 cm³/mol. The highest BCUT2D eigenvalue weighted by atomic mass is 16.3. The zero-order valence-electron chi connectivity index (χ0n) is 14.5. The lowest BCUT2D eigenvalue weighted by molar-refractivity contribution is 0.276. The minimum Gasteiger partial charge on any atom is -0.395 e. The number of fused-ring (bicyclic) bond motifs is 1. The van der Waals surface area contributed by atoms with Gasteiger partial charge in [-0.15, -0.1) is 0 Å². The Morgan fingerprint density at radius 3 is 2.60 bits per heavy atom. The fraction of sp³-hybridized carbons (Fsp3) is 0.190. The van der Waals surface area contributed by atoms with Crippen LogP contribution in [0.25, 0.3) is 33.4 Å². The lowest BCUT2D eigenvalue weighted by Crippen LogP contribution is -2.02. The first-order chi connectivity index (χ1) is 12.2. The largest absolute Gasteiger partial charge is 0.395 e. The highest BCUT2D eigenvalue weighted by molar-refractivity contribution is 6.00. The van der Waals surface area contributed by atoms with Crippen LogP contribution in [0.1, 0.15) is 5.56 Å². The van der Waals surface area contributed by atoms with Crippen LogP contribution in [0.4, 0.5) is 0 Å². The van der Waals surface area contributed by atoms with Gasteiger partial charge in [0.1, 0.15) is 0 Å². The normalized spacial score (nSPS) is 11.3. The SMILES string of the molecule is Cc1cccc2c1c(-c1c(-c3ccccc3)ncn1CCO)cn2C. The van der Waals surface area contributed by atoms with E-state index in [4.69, 9.17) is 0 Å². The van der Waals surface area contributed by atoms with Gasteiger partial charge in [-0.05, 0) is 18.6 Å². The number of imidazole rings is 1. The molecule has 4 aromatic rings. The van der Waals surface area contributed by atoms with Crippen molar-refractivity contribution in [3.8, 4) is 22.5 Å². The van der Waals surface area contributed by atoms with Gasteiger partial charge in [0.15, 0.2) is 0 Å². The third-order valence-corrected chi connectivity index (χ3v) is 4.70. The molecule has 0 bridgehead atoms. The Labute approximate surface area is 147 Å². The van der Waals surface area contributed by atoms with Gasteiger partial charge in [0.05, 0.1) is 24.3 Å². The molecule has 2 aromatic carbocycles. The maximum Gasteiger partial charge on any atom is 0.0964 e. The second kappa shape index (κ2) is 6.22. The Balaban J connectivity index is 2.04. The second-order valence-electron chi connectivity index (χ2n) is 6.35. The third-order valence-electron chi connectivity index (χ3n) is 4.70. The third kappa shape index (κ3) is 2.55. The first kappa shape index (κ1) is 15.7. The number of nitrogens with zero attached hydrogens (tertiary/aromatic N) is 3. The molecule has 0 aliphatic heterocycles. The fourth-order valence-electron chi connectivity index (χ4n) is 3.55. The molecule has 4 nitrogen and oxygen atoms in total. The Bertz CT molecular complexity index is 1030. The van der Waals surface area contributed by atoms with Crippen LogP contribution in [-0.2, 0) is 13.6 Å². The van der Waals surface area contributed by atoms with Gasteiger partial charge >= 0.3 is 0 Å². The molecule has 0 atom stereocenters. The first-order valence-electron chi connectivity index (χ1n) is 8.47. The first-order valence-corrected chi connectivity index (χ1v) is 8.47. The minimum atomic E-state index is 0.0847. The van der Waals surface area contributed by atoms with Crippen LogP contribution in [0.2, 0.25) is 0 Å². The Hall–Kier alpha value is -2.85. The summed E-state index contributed by atoms with van der Waals surface area (Å²) in [6.45, 7) is 2.75. The molecule has 2 aromatic heterocycles. The fourth-order valence-corrected chi connectivity index (χ4v) is 3.55. The summed E-state index contributed by atoms with van der Waals surface area (Å²) in [5.41, 5.74) is 6.68. The molecular formula is C21H21N3O. The van der Waals surface area contributed by atoms with E-state index in [-0.39, 0.29) is 6.61 Å². The molecule has 0 spiro atoms. The van der Waals surface area contributed by atoms with Gasteiger partial charge in [-0.3, -0.25) is 0 Å². The summed E-state index contributed by atoms with van der Waals surface area (Å²) in [7, 11) is 2.07. The van der Waals surface area contributed by atoms with E-state index in [1.807, 2.05) is 29.1 Å². The van der Waals surface area contributed by atoms with E-state index in [0.717, 1.165) is 22.5 Å². The Kier molecular flexibility index (Phi) is 3.90. The molecule has 25 heavy (non-hydrogen) atoms. The number of aryl methyl sites for hydroxylation is 2. The highest BCUT2D eigenvalue weighted by Gasteiger charge is 2.19. The van der Waals surface area contributed by atoms with E-state index in [1.165, 1.54) is 16.5 Å². The van der Waals surface area contributed by atoms with Crippen molar-refractivity contribution in [1.82, 2.24) is 14.1 Å². The van der Waals surface area contributed by atoms with E-state index >= 15 is 0 Å². The average molecular weight is 331 g/mol. The van der Waals surface area contributed by atoms with Crippen molar-refractivity contribution in [1.29, 1.82) is 0 Å². The number of aliphatic hydroxyl groups excluding tert-OH is 1. The van der Waals surface area contributed by atoms with Gasteiger partial charge in [-0.2, -0.15) is 0 Å². The van der Waals surface area contributed by atoms with Gasteiger partial charge < -0.3 is 14.2 Å². The van der Waals surface area contributed by atoms with Crippen LogP contribution in [0.3, 0.4) is 0 Å². The number of aliphatic hydroxyl groups is 1. The van der Waals surface area contributed by atoms with Crippen LogP contribution in [0.5, 0.6) is 0 Å². The van der Waals surface area contributed by atoms with E-state index in [9.17, 15) is 5.11 Å². The van der Waals surface area contributed by atoms with Crippen LogP contribution >= 0.6 is 0 Å². The average Bonchev–Trinajstić information content (AvgIpc) is 3.18. The minimum absolute atomic E-state index is 0.0847. The van der Waals surface area contributed by atoms with Crippen molar-refractivity contribution in [2.45, 2.75) is 13.5 Å². The van der Waals surface area contributed by atoms with E-state index < -0.39 is 0 Å². The van der Waals surface area contributed by atoms with E-state index in [0.29, 0.717) is 6.54 Å². The topological polar surface area (TPSA) is 43.0 Å². The number of benzene rings is 2. The molecule has 4 heteroatoms. The van der Waals surface area contributed by atoms with Gasteiger partial charge in [-0.25, -0.2) is 4.98 Å². The van der Waals surface area contributed by atoms with Crippen LogP contribution < -0.4 is 0 Å². The Morgan fingerprint density at radius 1 is 1.04 bits per heavy atom. The maximum absolute atomic E-state index is 9.49. The summed E-state index contributed by atoms with van der Waals surface area (Å²) < 4.78 is 4.20. The van der Waals surface area contributed by atoms with Crippen molar-refractivity contribution in [2.24, 2.45) is 7.05 Å². The number of hydrogen-bond acceptors (Lipinski definition) is 2. The van der Waals surface area contributed by atoms with Crippen molar-refractivity contribution in [3.63, 3.8) is 0 Å². The summed E-state index contributed by atoms with van der Waals surface area (Å²) in [5.74, 6) is 0. The molecular weight excluding hydrogens is 310 g/mol. The zero-order valence-corrected chi connectivity index (χ0v) is 14.5. The standard InChI is InChI=1S/C21H21N3O/c1-15-7-6-10-18-19(15)17(13-23(18)2)21-20(16-8-4-3-5-9-16)22-14-24(21)11-12-25/h3-10,13-14,25H,11-12H2,1-2H3. The molecule has 0 aliphatic carbocycles. The van der Waals surface area contributed by atoms with E-state index in [1.54, 1.807) is 0 Å². The van der Waals surface area contributed by atoms with Crippen molar-refractivity contribution in [3.05, 3.63) is 66.6 Å². The summed E-state index contributed by atoms with van der Waals surface area (Å²) >= 11 is 0. The Morgan fingerprint density at radius 2 is 1.84 bits per heavy atom. The van der Waals surface area contributed by atoms with Gasteiger partial charge in [0.25, 0.3) is 0 Å². The second-order valence-corrected chi connectivity index (χ2v) is 6.35. The van der Waals surface area contributed by atoms with Gasteiger partial charge in [0, 0.05) is 41.8 Å². The zero-order chi connectivity index (χ0) is 17.4. The molecule has 4 rings (SSSR count). The summed E-state index contributed by atoms with van der Waals surface area (Å²) in [6, 6.07) is 16.6. The summed E-state index contributed by atoms with van der Waals surface area (Å²) in [4.78, 5) is 4.67. The smallest absolute Gasteiger partial charge is 0.0964 e. The quantitative estimate of drug-likeness (QED) is 0.614. The lowest BCUT2D eigenvalue weighted by Gasteiger charge is -2.10. The van der Waals surface area contributed by atoms with Crippen LogP contribution in [-0.4, -0.2) is 25.8 Å². The molecule has 0 amide bonds. The number of rotatable bonds is 4. The summed E-state index contributed by atoms with van der Waals surface area (Å²) in [6.07, 6.45) is 3.99. The molecule has 0 aliphatic rings. The van der Waals surface area contributed by atoms with Gasteiger partial charge in [0.2, 0.25) is 0 Å². The molecule has 2 heterocycles. The van der Waals surface area contributed by atoms with Crippen molar-refractivity contribution < 1.29 is 5.11 Å². The molecule has 0 unspecified atom stereocenters. The molecule has 0 saturated heterocycles. The maximum atomic E-state index is 9.49. The van der Waals surface area contributed by atoms with E-state index in [2.05, 4.69) is 60.1 Å². The summed E-state index contributed by atoms with van der Waals surface area (Å²) in [5, 5.41) is 10.7. The van der Waals surface area contributed by atoms with Gasteiger partial charge in [-0.1, -0.05) is 42.5 Å². The molecule has 0 fully saturated rings. The molecule has 1 N–H and O–H groups in total. The molecule has 126 valence electrons. The van der Waals surface area contributed by atoms with Crippen molar-refractivity contribution in [2.75, 3.05) is 6.61 Å². The number of hydrogen-bond donors (Lipinski definition) is 1. The van der Waals surface area contributed by atoms with Crippen LogP contribution in [0, 0.1) is 6.92 Å². The lowest BCUT2D eigenvalue weighted by atomic mass is 10.0. The van der Waals surface area contributed by atoms with Crippen LogP contribution in [0.15, 0.2) is 61.1 Å². The molecule has 0 radical (unpaired) electrons.